The summed E-state index contributed by atoms with van der Waals surface area (Å²) in [6, 6.07) is 0. The molecule has 0 aromatic heterocycles. The number of carbonyl (C=O) groups excluding carboxylic acids is 1. The Balaban J connectivity index is 2.53. The monoisotopic (exact) mass is 168 g/mol. The number of hydrogen-bond acceptors (Lipinski definition) is 1. The topological polar surface area (TPSA) is 17.1 Å². The van der Waals surface area contributed by atoms with Crippen molar-refractivity contribution in [3.8, 4) is 0 Å². The van der Waals surface area contributed by atoms with Crippen molar-refractivity contribution in [2.24, 2.45) is 5.41 Å². The average molecular weight is 168 g/mol. The van der Waals surface area contributed by atoms with E-state index in [4.69, 9.17) is 0 Å². The minimum absolute atomic E-state index is 0.107. The highest BCUT2D eigenvalue weighted by molar-refractivity contribution is 5.82. The van der Waals surface area contributed by atoms with Crippen LogP contribution in [0.1, 0.15) is 58.8 Å². The fourth-order valence-electron chi connectivity index (χ4n) is 2.35. The predicted octanol–water partition coefficient (Wildman–Crippen LogP) is 3.33. The zero-order valence-corrected chi connectivity index (χ0v) is 8.36. The fourth-order valence-corrected chi connectivity index (χ4v) is 2.35. The summed E-state index contributed by atoms with van der Waals surface area (Å²) in [4.78, 5) is 11.5. The Morgan fingerprint density at radius 1 is 1.33 bits per heavy atom. The van der Waals surface area contributed by atoms with E-state index >= 15 is 0 Å². The van der Waals surface area contributed by atoms with Gasteiger partial charge in [0, 0.05) is 5.41 Å². The summed E-state index contributed by atoms with van der Waals surface area (Å²) < 4.78 is 0. The second kappa shape index (κ2) is 4.06. The van der Waals surface area contributed by atoms with E-state index < -0.39 is 0 Å². The molecule has 0 unspecified atom stereocenters. The molecular formula is C11H20O. The summed E-state index contributed by atoms with van der Waals surface area (Å²) in [5.74, 6) is 0.438. The summed E-state index contributed by atoms with van der Waals surface area (Å²) >= 11 is 0. The summed E-state index contributed by atoms with van der Waals surface area (Å²) in [5, 5.41) is 0. The van der Waals surface area contributed by atoms with Crippen LogP contribution in [-0.2, 0) is 4.79 Å². The van der Waals surface area contributed by atoms with Gasteiger partial charge in [-0.15, -0.1) is 0 Å². The van der Waals surface area contributed by atoms with Crippen LogP contribution < -0.4 is 0 Å². The number of unbranched alkanes of at least 4 members (excludes halogenated alkanes) is 1. The van der Waals surface area contributed by atoms with Crippen molar-refractivity contribution in [2.45, 2.75) is 58.8 Å². The molecule has 1 heteroatoms. The Morgan fingerprint density at radius 2 is 1.92 bits per heavy atom. The number of ketones is 1. The molecule has 1 rings (SSSR count). The normalized spacial score (nSPS) is 21.2. The molecule has 0 spiro atoms. The van der Waals surface area contributed by atoms with Gasteiger partial charge in [0.2, 0.25) is 0 Å². The van der Waals surface area contributed by atoms with Crippen molar-refractivity contribution in [3.63, 3.8) is 0 Å². The van der Waals surface area contributed by atoms with Gasteiger partial charge in [-0.05, 0) is 26.2 Å². The number of Topliss-reactive ketones (excluding diaryl/α,β-unsaturated/α-hetero) is 1. The Hall–Kier alpha value is -0.330. The van der Waals surface area contributed by atoms with Gasteiger partial charge in [-0.3, -0.25) is 4.79 Å². The highest BCUT2D eigenvalue weighted by Gasteiger charge is 2.37. The first kappa shape index (κ1) is 9.76. The molecule has 0 aromatic rings. The summed E-state index contributed by atoms with van der Waals surface area (Å²) in [5.41, 5.74) is 0.107. The lowest BCUT2D eigenvalue weighted by Crippen LogP contribution is -2.25. The van der Waals surface area contributed by atoms with E-state index in [2.05, 4.69) is 6.92 Å². The molecule has 0 saturated heterocycles. The minimum Gasteiger partial charge on any atom is -0.299 e. The molecule has 0 bridgehead atoms. The first-order chi connectivity index (χ1) is 5.71. The van der Waals surface area contributed by atoms with Gasteiger partial charge in [0.05, 0.1) is 0 Å². The van der Waals surface area contributed by atoms with Crippen LogP contribution in [0.2, 0.25) is 0 Å². The third-order valence-corrected chi connectivity index (χ3v) is 3.32. The van der Waals surface area contributed by atoms with Crippen molar-refractivity contribution in [1.82, 2.24) is 0 Å². The van der Waals surface area contributed by atoms with Gasteiger partial charge in [-0.2, -0.15) is 0 Å². The lowest BCUT2D eigenvalue weighted by molar-refractivity contribution is -0.126. The molecule has 0 atom stereocenters. The SMILES string of the molecule is CCCCC1(C(C)=O)CCCC1. The third-order valence-electron chi connectivity index (χ3n) is 3.32. The standard InChI is InChI=1S/C11H20O/c1-3-4-7-11(10(2)12)8-5-6-9-11/h3-9H2,1-2H3. The predicted molar refractivity (Wildman–Crippen MR) is 51.1 cm³/mol. The van der Waals surface area contributed by atoms with Gasteiger partial charge in [0.1, 0.15) is 5.78 Å². The van der Waals surface area contributed by atoms with Gasteiger partial charge < -0.3 is 0 Å². The first-order valence-corrected chi connectivity index (χ1v) is 5.22. The number of carbonyl (C=O) groups is 1. The Bertz CT molecular complexity index is 154. The van der Waals surface area contributed by atoms with Crippen LogP contribution in [0.3, 0.4) is 0 Å². The quantitative estimate of drug-likeness (QED) is 0.629. The van der Waals surface area contributed by atoms with E-state index in [1.807, 2.05) is 0 Å². The number of rotatable bonds is 4. The number of hydrogen-bond donors (Lipinski definition) is 0. The Morgan fingerprint density at radius 3 is 2.33 bits per heavy atom. The highest BCUT2D eigenvalue weighted by Crippen LogP contribution is 2.42. The molecule has 1 saturated carbocycles. The third kappa shape index (κ3) is 1.88. The zero-order valence-electron chi connectivity index (χ0n) is 8.36. The maximum Gasteiger partial charge on any atom is 0.135 e. The molecule has 1 nitrogen and oxygen atoms in total. The second-order valence-electron chi connectivity index (χ2n) is 4.15. The Kier molecular flexibility index (Phi) is 3.30. The second-order valence-corrected chi connectivity index (χ2v) is 4.15. The molecule has 0 radical (unpaired) electrons. The molecule has 0 heterocycles. The van der Waals surface area contributed by atoms with E-state index in [0.717, 1.165) is 19.3 Å². The molecule has 1 aliphatic carbocycles. The smallest absolute Gasteiger partial charge is 0.135 e. The van der Waals surface area contributed by atoms with Crippen molar-refractivity contribution in [3.05, 3.63) is 0 Å². The molecule has 1 fully saturated rings. The van der Waals surface area contributed by atoms with Crippen molar-refractivity contribution >= 4 is 5.78 Å². The van der Waals surface area contributed by atoms with Crippen LogP contribution in [0.15, 0.2) is 0 Å². The maximum atomic E-state index is 11.5. The summed E-state index contributed by atoms with van der Waals surface area (Å²) in [6.45, 7) is 3.98. The molecule has 12 heavy (non-hydrogen) atoms. The van der Waals surface area contributed by atoms with Crippen molar-refractivity contribution in [2.75, 3.05) is 0 Å². The van der Waals surface area contributed by atoms with E-state index in [-0.39, 0.29) is 5.41 Å². The lowest BCUT2D eigenvalue weighted by atomic mass is 9.78. The first-order valence-electron chi connectivity index (χ1n) is 5.22. The van der Waals surface area contributed by atoms with E-state index in [1.54, 1.807) is 6.92 Å². The van der Waals surface area contributed by atoms with Gasteiger partial charge >= 0.3 is 0 Å². The van der Waals surface area contributed by atoms with E-state index in [0.29, 0.717) is 5.78 Å². The van der Waals surface area contributed by atoms with Gasteiger partial charge in [-0.1, -0.05) is 32.6 Å². The average Bonchev–Trinajstić information content (AvgIpc) is 2.50. The van der Waals surface area contributed by atoms with Crippen molar-refractivity contribution in [1.29, 1.82) is 0 Å². The van der Waals surface area contributed by atoms with Crippen LogP contribution >= 0.6 is 0 Å². The summed E-state index contributed by atoms with van der Waals surface area (Å²) in [6.07, 6.45) is 8.42. The van der Waals surface area contributed by atoms with Crippen LogP contribution in [-0.4, -0.2) is 5.78 Å². The van der Waals surface area contributed by atoms with Crippen LogP contribution in [0.4, 0.5) is 0 Å². The maximum absolute atomic E-state index is 11.5. The molecule has 70 valence electrons. The molecular weight excluding hydrogens is 148 g/mol. The fraction of sp³-hybridized carbons (Fsp3) is 0.909. The molecule has 0 N–H and O–H groups in total. The highest BCUT2D eigenvalue weighted by atomic mass is 16.1. The van der Waals surface area contributed by atoms with Crippen LogP contribution in [0.5, 0.6) is 0 Å². The molecule has 0 amide bonds. The minimum atomic E-state index is 0.107. The Labute approximate surface area is 75.5 Å². The zero-order chi connectivity index (χ0) is 9.03. The molecule has 1 aliphatic rings. The lowest BCUT2D eigenvalue weighted by Gasteiger charge is -2.25. The van der Waals surface area contributed by atoms with E-state index in [1.165, 1.54) is 25.7 Å². The van der Waals surface area contributed by atoms with Crippen LogP contribution in [0, 0.1) is 5.41 Å². The van der Waals surface area contributed by atoms with Gasteiger partial charge in [0.25, 0.3) is 0 Å². The van der Waals surface area contributed by atoms with Crippen LogP contribution in [0.25, 0.3) is 0 Å². The molecule has 0 aliphatic heterocycles. The van der Waals surface area contributed by atoms with Crippen molar-refractivity contribution < 1.29 is 4.79 Å². The van der Waals surface area contributed by atoms with Gasteiger partial charge in [0.15, 0.2) is 0 Å². The van der Waals surface area contributed by atoms with E-state index in [9.17, 15) is 4.79 Å². The van der Waals surface area contributed by atoms with Gasteiger partial charge in [-0.25, -0.2) is 0 Å². The molecule has 0 aromatic carbocycles. The summed E-state index contributed by atoms with van der Waals surface area (Å²) in [7, 11) is 0. The largest absolute Gasteiger partial charge is 0.299 e.